The minimum absolute atomic E-state index is 0.170. The fraction of sp³-hybridized carbons (Fsp3) is 0.647. The van der Waals surface area contributed by atoms with Gasteiger partial charge in [0.05, 0.1) is 0 Å². The van der Waals surface area contributed by atoms with E-state index in [0.717, 1.165) is 24.3 Å². The number of anilines is 1. The first-order valence-electron chi connectivity index (χ1n) is 7.89. The van der Waals surface area contributed by atoms with Crippen molar-refractivity contribution in [3.8, 4) is 5.75 Å². The number of unbranched alkanes of at least 4 members (excludes halogenated alkanes) is 2. The molecular weight excluding hydrogens is 248 g/mol. The molecule has 0 fully saturated rings. The Balaban J connectivity index is 2.87. The summed E-state index contributed by atoms with van der Waals surface area (Å²) in [5.41, 5.74) is 2.10. The normalized spacial score (nSPS) is 12.4. The van der Waals surface area contributed by atoms with E-state index in [0.29, 0.717) is 5.75 Å². The smallest absolute Gasteiger partial charge is 0.122 e. The maximum atomic E-state index is 10.2. The van der Waals surface area contributed by atoms with E-state index in [4.69, 9.17) is 0 Å². The van der Waals surface area contributed by atoms with Crippen molar-refractivity contribution >= 4 is 5.69 Å². The van der Waals surface area contributed by atoms with Crippen molar-refractivity contribution in [2.75, 3.05) is 25.0 Å². The molecule has 114 valence electrons. The summed E-state index contributed by atoms with van der Waals surface area (Å²) in [4.78, 5) is 2.39. The van der Waals surface area contributed by atoms with Crippen molar-refractivity contribution in [3.63, 3.8) is 0 Å². The van der Waals surface area contributed by atoms with E-state index < -0.39 is 0 Å². The minimum atomic E-state index is 0.170. The highest BCUT2D eigenvalue weighted by molar-refractivity contribution is 5.54. The zero-order chi connectivity index (χ0) is 15.0. The third-order valence-corrected chi connectivity index (χ3v) is 3.84. The van der Waals surface area contributed by atoms with Gasteiger partial charge in [-0.3, -0.25) is 0 Å². The molecule has 0 heterocycles. The van der Waals surface area contributed by atoms with Gasteiger partial charge in [-0.15, -0.1) is 0 Å². The number of phenolic OH excluding ortho intramolecular Hbond substituents is 1. The van der Waals surface area contributed by atoms with Gasteiger partial charge in [0, 0.05) is 36.4 Å². The Morgan fingerprint density at radius 2 is 1.75 bits per heavy atom. The number of nitrogens with zero attached hydrogens (tertiary/aromatic N) is 1. The van der Waals surface area contributed by atoms with Gasteiger partial charge in [0.15, 0.2) is 0 Å². The summed E-state index contributed by atoms with van der Waals surface area (Å²) in [6.45, 7) is 8.62. The summed E-state index contributed by atoms with van der Waals surface area (Å²) < 4.78 is 0. The summed E-state index contributed by atoms with van der Waals surface area (Å²) >= 11 is 0. The van der Waals surface area contributed by atoms with E-state index >= 15 is 0 Å². The second-order valence-electron chi connectivity index (χ2n) is 5.45. The zero-order valence-corrected chi connectivity index (χ0v) is 13.4. The monoisotopic (exact) mass is 278 g/mol. The number of hydrogen-bond acceptors (Lipinski definition) is 3. The van der Waals surface area contributed by atoms with Crippen LogP contribution in [0.15, 0.2) is 18.2 Å². The van der Waals surface area contributed by atoms with Crippen LogP contribution in [-0.2, 0) is 0 Å². The molecule has 3 heteroatoms. The number of hydrogen-bond donors (Lipinski definition) is 2. The number of phenols is 1. The molecule has 0 saturated heterocycles. The average Bonchev–Trinajstić information content (AvgIpc) is 2.46. The molecule has 0 radical (unpaired) electrons. The van der Waals surface area contributed by atoms with Crippen molar-refractivity contribution in [2.24, 2.45) is 0 Å². The van der Waals surface area contributed by atoms with Crippen molar-refractivity contribution in [2.45, 2.75) is 52.5 Å². The first-order valence-corrected chi connectivity index (χ1v) is 7.89. The van der Waals surface area contributed by atoms with Crippen LogP contribution >= 0.6 is 0 Å². The summed E-state index contributed by atoms with van der Waals surface area (Å²) in [6.07, 6.45) is 4.78. The number of rotatable bonds is 9. The molecule has 0 aliphatic carbocycles. The average molecular weight is 278 g/mol. The van der Waals surface area contributed by atoms with Gasteiger partial charge >= 0.3 is 0 Å². The van der Waals surface area contributed by atoms with Crippen molar-refractivity contribution in [1.82, 2.24) is 5.32 Å². The Hall–Kier alpha value is -1.22. The largest absolute Gasteiger partial charge is 0.508 e. The molecule has 1 atom stereocenters. The van der Waals surface area contributed by atoms with E-state index in [2.05, 4.69) is 37.1 Å². The second kappa shape index (κ2) is 8.85. The Labute approximate surface area is 124 Å². The first kappa shape index (κ1) is 16.8. The molecule has 2 N–H and O–H groups in total. The summed E-state index contributed by atoms with van der Waals surface area (Å²) in [6, 6.07) is 6.25. The molecule has 0 aliphatic heterocycles. The van der Waals surface area contributed by atoms with E-state index in [9.17, 15) is 5.11 Å². The predicted molar refractivity (Wildman–Crippen MR) is 87.6 cm³/mol. The van der Waals surface area contributed by atoms with Gasteiger partial charge in [-0.1, -0.05) is 32.8 Å². The molecule has 0 aromatic heterocycles. The Bertz CT molecular complexity index is 385. The molecule has 1 aromatic carbocycles. The molecule has 0 saturated carbocycles. The molecule has 0 bridgehead atoms. The van der Waals surface area contributed by atoms with Crippen LogP contribution < -0.4 is 10.2 Å². The maximum absolute atomic E-state index is 10.2. The van der Waals surface area contributed by atoms with Crippen LogP contribution in [0.2, 0.25) is 0 Å². The quantitative estimate of drug-likeness (QED) is 0.714. The summed E-state index contributed by atoms with van der Waals surface area (Å²) in [5, 5.41) is 13.4. The molecule has 0 aliphatic rings. The van der Waals surface area contributed by atoms with Gasteiger partial charge in [-0.2, -0.15) is 0 Å². The third kappa shape index (κ3) is 4.71. The van der Waals surface area contributed by atoms with Crippen LogP contribution in [0.25, 0.3) is 0 Å². The van der Waals surface area contributed by atoms with Gasteiger partial charge in [0.25, 0.3) is 0 Å². The molecule has 1 aromatic rings. The van der Waals surface area contributed by atoms with Gasteiger partial charge in [0.2, 0.25) is 0 Å². The maximum Gasteiger partial charge on any atom is 0.122 e. The van der Waals surface area contributed by atoms with Crippen LogP contribution in [0.1, 0.15) is 58.1 Å². The Kier molecular flexibility index (Phi) is 7.45. The fourth-order valence-electron chi connectivity index (χ4n) is 2.32. The lowest BCUT2D eigenvalue weighted by molar-refractivity contribution is 0.457. The number of benzene rings is 1. The molecule has 20 heavy (non-hydrogen) atoms. The Morgan fingerprint density at radius 3 is 2.20 bits per heavy atom. The van der Waals surface area contributed by atoms with Gasteiger partial charge in [0.1, 0.15) is 5.75 Å². The number of aromatic hydroxyl groups is 1. The highest BCUT2D eigenvalue weighted by Gasteiger charge is 2.12. The standard InChI is InChI=1S/C17H30N2O/c1-5-7-11-19(12-8-6-2)15-9-10-16(14(3)18-4)17(20)13-15/h9-10,13-14,18,20H,5-8,11-12H2,1-4H3. The van der Waals surface area contributed by atoms with Crippen LogP contribution in [0, 0.1) is 0 Å². The summed E-state index contributed by atoms with van der Waals surface area (Å²) in [7, 11) is 1.91. The molecule has 1 rings (SSSR count). The van der Waals surface area contributed by atoms with Crippen LogP contribution in [-0.4, -0.2) is 25.2 Å². The van der Waals surface area contributed by atoms with E-state index in [1.807, 2.05) is 19.2 Å². The Morgan fingerprint density at radius 1 is 1.15 bits per heavy atom. The lowest BCUT2D eigenvalue weighted by atomic mass is 10.1. The molecule has 0 spiro atoms. The van der Waals surface area contributed by atoms with E-state index in [-0.39, 0.29) is 6.04 Å². The minimum Gasteiger partial charge on any atom is -0.508 e. The van der Waals surface area contributed by atoms with Gasteiger partial charge in [-0.05, 0) is 32.9 Å². The van der Waals surface area contributed by atoms with Crippen molar-refractivity contribution < 1.29 is 5.11 Å². The fourth-order valence-corrected chi connectivity index (χ4v) is 2.32. The highest BCUT2D eigenvalue weighted by atomic mass is 16.3. The van der Waals surface area contributed by atoms with Gasteiger partial charge in [-0.25, -0.2) is 0 Å². The van der Waals surface area contributed by atoms with Crippen LogP contribution in [0.4, 0.5) is 5.69 Å². The molecule has 0 amide bonds. The molecule has 1 unspecified atom stereocenters. The van der Waals surface area contributed by atoms with Gasteiger partial charge < -0.3 is 15.3 Å². The van der Waals surface area contributed by atoms with Crippen LogP contribution in [0.3, 0.4) is 0 Å². The van der Waals surface area contributed by atoms with E-state index in [1.54, 1.807) is 0 Å². The lowest BCUT2D eigenvalue weighted by Crippen LogP contribution is -2.25. The molecule has 3 nitrogen and oxygen atoms in total. The van der Waals surface area contributed by atoms with Crippen molar-refractivity contribution in [1.29, 1.82) is 0 Å². The van der Waals surface area contributed by atoms with Crippen LogP contribution in [0.5, 0.6) is 5.75 Å². The van der Waals surface area contributed by atoms with E-state index in [1.165, 1.54) is 25.7 Å². The topological polar surface area (TPSA) is 35.5 Å². The predicted octanol–water partition coefficient (Wildman–Crippen LogP) is 4.08. The number of nitrogens with one attached hydrogen (secondary N) is 1. The summed E-state index contributed by atoms with van der Waals surface area (Å²) in [5.74, 6) is 0.391. The molecular formula is C17H30N2O. The SMILES string of the molecule is CCCCN(CCCC)c1ccc(C(C)NC)c(O)c1. The zero-order valence-electron chi connectivity index (χ0n) is 13.4. The first-order chi connectivity index (χ1) is 9.63. The lowest BCUT2D eigenvalue weighted by Gasteiger charge is -2.25. The van der Waals surface area contributed by atoms with Crippen molar-refractivity contribution in [3.05, 3.63) is 23.8 Å². The second-order valence-corrected chi connectivity index (χ2v) is 5.45. The highest BCUT2D eigenvalue weighted by Crippen LogP contribution is 2.29. The third-order valence-electron chi connectivity index (χ3n) is 3.84.